The van der Waals surface area contributed by atoms with Crippen molar-refractivity contribution in [2.45, 2.75) is 25.8 Å². The van der Waals surface area contributed by atoms with E-state index in [-0.39, 0.29) is 30.4 Å². The van der Waals surface area contributed by atoms with Gasteiger partial charge in [-0.2, -0.15) is 0 Å². The minimum atomic E-state index is -0.738. The third-order valence-corrected chi connectivity index (χ3v) is 3.86. The predicted molar refractivity (Wildman–Crippen MR) is 73.6 cm³/mol. The Bertz CT molecular complexity index is 332. The summed E-state index contributed by atoms with van der Waals surface area (Å²) in [5.41, 5.74) is 0. The van der Waals surface area contributed by atoms with Gasteiger partial charge in [0.1, 0.15) is 0 Å². The third-order valence-electron chi connectivity index (χ3n) is 3.86. The van der Waals surface area contributed by atoms with Crippen molar-refractivity contribution in [3.8, 4) is 0 Å². The van der Waals surface area contributed by atoms with E-state index < -0.39 is 5.97 Å². The maximum absolute atomic E-state index is 12.3. The standard InChI is InChI=1S/C12H21N3O3.ClH/c1-9-8-13-4-7-15(9)12(18)14-5-2-10(3-6-14)11(16)17;/h9-10,13H,2-8H2,1H3,(H,16,17);1H. The van der Waals surface area contributed by atoms with Gasteiger partial charge >= 0.3 is 12.0 Å². The van der Waals surface area contributed by atoms with Crippen molar-refractivity contribution in [3.63, 3.8) is 0 Å². The highest BCUT2D eigenvalue weighted by atomic mass is 35.5. The average molecular weight is 292 g/mol. The van der Waals surface area contributed by atoms with Crippen molar-refractivity contribution in [3.05, 3.63) is 0 Å². The lowest BCUT2D eigenvalue weighted by Gasteiger charge is -2.39. The van der Waals surface area contributed by atoms with E-state index in [4.69, 9.17) is 5.11 Å². The second-order valence-electron chi connectivity index (χ2n) is 5.13. The molecule has 6 nitrogen and oxygen atoms in total. The molecule has 1 atom stereocenters. The van der Waals surface area contributed by atoms with Crippen molar-refractivity contribution in [2.24, 2.45) is 5.92 Å². The molecule has 1 unspecified atom stereocenters. The first kappa shape index (κ1) is 16.0. The summed E-state index contributed by atoms with van der Waals surface area (Å²) in [5, 5.41) is 12.2. The summed E-state index contributed by atoms with van der Waals surface area (Å²) in [6, 6.07) is 0.274. The molecule has 0 radical (unpaired) electrons. The molecule has 0 aliphatic carbocycles. The number of urea groups is 1. The lowest BCUT2D eigenvalue weighted by molar-refractivity contribution is -0.143. The lowest BCUT2D eigenvalue weighted by atomic mass is 9.97. The Hall–Kier alpha value is -1.01. The van der Waals surface area contributed by atoms with Gasteiger partial charge in [-0.05, 0) is 19.8 Å². The Labute approximate surface area is 119 Å². The van der Waals surface area contributed by atoms with Crippen LogP contribution >= 0.6 is 12.4 Å². The summed E-state index contributed by atoms with van der Waals surface area (Å²) in [5.74, 6) is -1.02. The molecule has 0 spiro atoms. The fraction of sp³-hybridized carbons (Fsp3) is 0.833. The van der Waals surface area contributed by atoms with Crippen molar-refractivity contribution in [1.82, 2.24) is 15.1 Å². The summed E-state index contributed by atoms with van der Waals surface area (Å²) in [6.45, 7) is 5.56. The van der Waals surface area contributed by atoms with E-state index >= 15 is 0 Å². The number of piperidine rings is 1. The second kappa shape index (κ2) is 6.96. The summed E-state index contributed by atoms with van der Waals surface area (Å²) < 4.78 is 0. The molecule has 2 amide bonds. The molecule has 2 fully saturated rings. The van der Waals surface area contributed by atoms with E-state index in [2.05, 4.69) is 5.32 Å². The van der Waals surface area contributed by atoms with Gasteiger partial charge in [0, 0.05) is 38.8 Å². The second-order valence-corrected chi connectivity index (χ2v) is 5.13. The van der Waals surface area contributed by atoms with Crippen LogP contribution < -0.4 is 5.32 Å². The summed E-state index contributed by atoms with van der Waals surface area (Å²) in [6.07, 6.45) is 1.14. The smallest absolute Gasteiger partial charge is 0.320 e. The molecule has 2 rings (SSSR count). The number of halogens is 1. The number of hydrogen-bond donors (Lipinski definition) is 2. The van der Waals surface area contributed by atoms with Crippen molar-refractivity contribution < 1.29 is 14.7 Å². The van der Waals surface area contributed by atoms with Gasteiger partial charge in [-0.25, -0.2) is 4.79 Å². The highest BCUT2D eigenvalue weighted by Crippen LogP contribution is 2.19. The van der Waals surface area contributed by atoms with Crippen molar-refractivity contribution in [2.75, 3.05) is 32.7 Å². The molecule has 2 N–H and O–H groups in total. The molecule has 0 aromatic heterocycles. The Morgan fingerprint density at radius 3 is 2.37 bits per heavy atom. The van der Waals surface area contributed by atoms with Gasteiger partial charge in [0.25, 0.3) is 0 Å². The van der Waals surface area contributed by atoms with Crippen LogP contribution in [0.5, 0.6) is 0 Å². The number of amides is 2. The Kier molecular flexibility index (Phi) is 5.87. The number of nitrogens with zero attached hydrogens (tertiary/aromatic N) is 2. The number of rotatable bonds is 1. The van der Waals surface area contributed by atoms with Crippen LogP contribution in [0, 0.1) is 5.92 Å². The quantitative estimate of drug-likeness (QED) is 0.743. The largest absolute Gasteiger partial charge is 0.481 e. The molecule has 0 aromatic rings. The number of carbonyl (C=O) groups excluding carboxylic acids is 1. The van der Waals surface area contributed by atoms with Gasteiger partial charge in [0.15, 0.2) is 0 Å². The lowest BCUT2D eigenvalue weighted by Crippen LogP contribution is -2.57. The normalized spacial score (nSPS) is 24.8. The van der Waals surface area contributed by atoms with Crippen LogP contribution in [0.2, 0.25) is 0 Å². The van der Waals surface area contributed by atoms with E-state index in [1.54, 1.807) is 4.90 Å². The summed E-state index contributed by atoms with van der Waals surface area (Å²) in [7, 11) is 0. The minimum absolute atomic E-state index is 0. The van der Waals surface area contributed by atoms with E-state index in [1.807, 2.05) is 11.8 Å². The monoisotopic (exact) mass is 291 g/mol. The fourth-order valence-electron chi connectivity index (χ4n) is 2.62. The van der Waals surface area contributed by atoms with Crippen LogP contribution in [0.3, 0.4) is 0 Å². The molecule has 19 heavy (non-hydrogen) atoms. The molecule has 2 aliphatic heterocycles. The zero-order chi connectivity index (χ0) is 13.1. The van der Waals surface area contributed by atoms with E-state index in [1.165, 1.54) is 0 Å². The number of carboxylic acids is 1. The number of aliphatic carboxylic acids is 1. The van der Waals surface area contributed by atoms with E-state index in [0.29, 0.717) is 25.9 Å². The molecule has 0 aromatic carbocycles. The zero-order valence-electron chi connectivity index (χ0n) is 11.2. The highest BCUT2D eigenvalue weighted by Gasteiger charge is 2.31. The first-order valence-electron chi connectivity index (χ1n) is 6.58. The van der Waals surface area contributed by atoms with Gasteiger partial charge in [-0.3, -0.25) is 4.79 Å². The number of carbonyl (C=O) groups is 2. The van der Waals surface area contributed by atoms with E-state index in [0.717, 1.165) is 19.6 Å². The van der Waals surface area contributed by atoms with Gasteiger partial charge in [-0.15, -0.1) is 12.4 Å². The fourth-order valence-corrected chi connectivity index (χ4v) is 2.62. The third kappa shape index (κ3) is 3.73. The topological polar surface area (TPSA) is 72.9 Å². The molecule has 110 valence electrons. The van der Waals surface area contributed by atoms with Crippen molar-refractivity contribution in [1.29, 1.82) is 0 Å². The molecule has 2 heterocycles. The molecule has 2 aliphatic rings. The highest BCUT2D eigenvalue weighted by molar-refractivity contribution is 5.85. The zero-order valence-corrected chi connectivity index (χ0v) is 12.0. The molecule has 2 saturated heterocycles. The number of hydrogen-bond acceptors (Lipinski definition) is 3. The number of nitrogens with one attached hydrogen (secondary N) is 1. The predicted octanol–water partition coefficient (Wildman–Crippen LogP) is 0.618. The number of carboxylic acid groups (broad SMARTS) is 1. The Balaban J connectivity index is 0.00000180. The molecule has 0 saturated carbocycles. The van der Waals surface area contributed by atoms with Crippen molar-refractivity contribution >= 4 is 24.4 Å². The summed E-state index contributed by atoms with van der Waals surface area (Å²) >= 11 is 0. The van der Waals surface area contributed by atoms with Gasteiger partial charge < -0.3 is 20.2 Å². The Morgan fingerprint density at radius 2 is 1.84 bits per heavy atom. The SMILES string of the molecule is CC1CNCCN1C(=O)N1CCC(C(=O)O)CC1.Cl. The first-order chi connectivity index (χ1) is 8.59. The number of piperazine rings is 1. The van der Waals surface area contributed by atoms with Gasteiger partial charge in [0.2, 0.25) is 0 Å². The summed E-state index contributed by atoms with van der Waals surface area (Å²) in [4.78, 5) is 26.9. The molecular formula is C12H22ClN3O3. The van der Waals surface area contributed by atoms with Crippen LogP contribution in [-0.2, 0) is 4.79 Å². The van der Waals surface area contributed by atoms with Crippen LogP contribution in [0.15, 0.2) is 0 Å². The molecular weight excluding hydrogens is 270 g/mol. The van der Waals surface area contributed by atoms with Crippen LogP contribution in [0.1, 0.15) is 19.8 Å². The Morgan fingerprint density at radius 1 is 1.21 bits per heavy atom. The van der Waals surface area contributed by atoms with Crippen LogP contribution in [0.4, 0.5) is 4.79 Å². The van der Waals surface area contributed by atoms with E-state index in [9.17, 15) is 9.59 Å². The minimum Gasteiger partial charge on any atom is -0.481 e. The maximum atomic E-state index is 12.3. The van der Waals surface area contributed by atoms with Gasteiger partial charge in [0.05, 0.1) is 5.92 Å². The van der Waals surface area contributed by atoms with Crippen LogP contribution in [0.25, 0.3) is 0 Å². The molecule has 0 bridgehead atoms. The molecule has 7 heteroatoms. The first-order valence-corrected chi connectivity index (χ1v) is 6.58. The maximum Gasteiger partial charge on any atom is 0.320 e. The van der Waals surface area contributed by atoms with Crippen LogP contribution in [-0.4, -0.2) is 65.7 Å². The number of likely N-dealkylation sites (tertiary alicyclic amines) is 1. The van der Waals surface area contributed by atoms with Gasteiger partial charge in [-0.1, -0.05) is 0 Å². The average Bonchev–Trinajstić information content (AvgIpc) is 2.38.